The van der Waals surface area contributed by atoms with Gasteiger partial charge in [-0.15, -0.1) is 0 Å². The van der Waals surface area contributed by atoms with Gasteiger partial charge >= 0.3 is 5.97 Å². The molecule has 3 rings (SSSR count). The molecule has 0 bridgehead atoms. The molecule has 3 aromatic rings. The van der Waals surface area contributed by atoms with Gasteiger partial charge in [-0.1, -0.05) is 35.9 Å². The minimum atomic E-state index is -1.08. The van der Waals surface area contributed by atoms with Crippen LogP contribution in [-0.2, 0) is 4.79 Å². The van der Waals surface area contributed by atoms with E-state index < -0.39 is 17.9 Å². The van der Waals surface area contributed by atoms with Crippen LogP contribution >= 0.6 is 11.6 Å². The van der Waals surface area contributed by atoms with Crippen LogP contribution in [0, 0.1) is 11.3 Å². The lowest BCUT2D eigenvalue weighted by molar-refractivity contribution is -0.137. The number of para-hydroxylation sites is 1. The fourth-order valence-corrected chi connectivity index (χ4v) is 3.19. The van der Waals surface area contributed by atoms with Crippen LogP contribution in [0.3, 0.4) is 0 Å². The molecule has 2 aromatic carbocycles. The van der Waals surface area contributed by atoms with Crippen LogP contribution in [0.4, 0.5) is 0 Å². The number of benzene rings is 2. The number of hydrogen-bond donors (Lipinski definition) is 2. The van der Waals surface area contributed by atoms with E-state index in [2.05, 4.69) is 10.4 Å². The summed E-state index contributed by atoms with van der Waals surface area (Å²) < 4.78 is 7.02. The highest BCUT2D eigenvalue weighted by molar-refractivity contribution is 6.32. The van der Waals surface area contributed by atoms with E-state index in [-0.39, 0.29) is 12.1 Å². The lowest BCUT2D eigenvalue weighted by Crippen LogP contribution is -2.30. The minimum absolute atomic E-state index is 0.0485. The molecule has 8 nitrogen and oxygen atoms in total. The van der Waals surface area contributed by atoms with Gasteiger partial charge in [-0.2, -0.15) is 15.0 Å². The smallest absolute Gasteiger partial charge is 0.305 e. The number of aliphatic carboxylic acids is 1. The highest BCUT2D eigenvalue weighted by Crippen LogP contribution is 2.26. The van der Waals surface area contributed by atoms with Gasteiger partial charge in [0.25, 0.3) is 5.91 Å². The number of carboxylic acids is 1. The molecule has 0 aliphatic heterocycles. The summed E-state index contributed by atoms with van der Waals surface area (Å²) in [5.41, 5.74) is 1.59. The highest BCUT2D eigenvalue weighted by atomic mass is 35.5. The number of aromatic nitrogens is 2. The van der Waals surface area contributed by atoms with Crippen molar-refractivity contribution in [1.82, 2.24) is 15.1 Å². The molecule has 0 radical (unpaired) electrons. The third-order valence-corrected chi connectivity index (χ3v) is 4.73. The fourth-order valence-electron chi connectivity index (χ4n) is 2.97. The molecule has 158 valence electrons. The van der Waals surface area contributed by atoms with E-state index in [0.717, 1.165) is 0 Å². The Labute approximate surface area is 183 Å². The van der Waals surface area contributed by atoms with Gasteiger partial charge in [0, 0.05) is 6.07 Å². The van der Waals surface area contributed by atoms with Crippen LogP contribution in [0.5, 0.6) is 5.88 Å². The molecule has 0 saturated heterocycles. The number of rotatable bonds is 8. The van der Waals surface area contributed by atoms with E-state index >= 15 is 0 Å². The Balaban J connectivity index is 1.91. The van der Waals surface area contributed by atoms with Gasteiger partial charge in [-0.05, 0) is 36.8 Å². The van der Waals surface area contributed by atoms with Gasteiger partial charge < -0.3 is 15.2 Å². The molecule has 0 spiro atoms. The summed E-state index contributed by atoms with van der Waals surface area (Å²) in [6, 6.07) is 16.0. The number of hydrogen-bond acceptors (Lipinski definition) is 5. The fraction of sp³-hybridized carbons (Fsp3) is 0.182. The van der Waals surface area contributed by atoms with Crippen LogP contribution in [0.25, 0.3) is 5.69 Å². The Morgan fingerprint density at radius 3 is 2.58 bits per heavy atom. The zero-order valence-corrected chi connectivity index (χ0v) is 17.3. The first-order chi connectivity index (χ1) is 14.9. The van der Waals surface area contributed by atoms with E-state index in [9.17, 15) is 14.7 Å². The minimum Gasteiger partial charge on any atom is -0.481 e. The Morgan fingerprint density at radius 1 is 1.26 bits per heavy atom. The second-order valence-electron chi connectivity index (χ2n) is 6.52. The lowest BCUT2D eigenvalue weighted by Gasteiger charge is -2.16. The van der Waals surface area contributed by atoms with Crippen molar-refractivity contribution in [3.63, 3.8) is 0 Å². The van der Waals surface area contributed by atoms with Crippen molar-refractivity contribution < 1.29 is 19.4 Å². The van der Waals surface area contributed by atoms with Crippen molar-refractivity contribution in [3.05, 3.63) is 76.4 Å². The summed E-state index contributed by atoms with van der Waals surface area (Å²) in [5.74, 6) is -1.32. The summed E-state index contributed by atoms with van der Waals surface area (Å²) >= 11 is 6.26. The van der Waals surface area contributed by atoms with Crippen molar-refractivity contribution >= 4 is 23.5 Å². The average Bonchev–Trinajstić information content (AvgIpc) is 3.17. The summed E-state index contributed by atoms with van der Waals surface area (Å²) in [6.45, 7) is 2.15. The molecule has 0 aliphatic carbocycles. The average molecular weight is 439 g/mol. The number of carboxylic acid groups (broad SMARTS) is 1. The Morgan fingerprint density at radius 2 is 1.97 bits per heavy atom. The summed E-state index contributed by atoms with van der Waals surface area (Å²) in [6.07, 6.45) is -0.332. The SMILES string of the molecule is CCOc1cc(C(=O)N[C@@H](CC(=O)O)c2ccc(C#N)cc2)nn1-c1ccccc1Cl. The quantitative estimate of drug-likeness (QED) is 0.553. The standard InChI is InChI=1S/C22H19ClN4O4/c1-2-31-20-11-18(26-27(20)19-6-4-3-5-16(19)23)22(30)25-17(12-21(28)29)15-9-7-14(13-24)8-10-15/h3-11,17H,2,12H2,1H3,(H,25,30)(H,28,29)/t17-/m0/s1. The van der Waals surface area contributed by atoms with Gasteiger partial charge in [0.05, 0.1) is 41.4 Å². The van der Waals surface area contributed by atoms with Gasteiger partial charge in [0.2, 0.25) is 5.88 Å². The van der Waals surface area contributed by atoms with Crippen LogP contribution in [-0.4, -0.2) is 33.4 Å². The number of nitrogens with one attached hydrogen (secondary N) is 1. The third kappa shape index (κ3) is 5.21. The maximum absolute atomic E-state index is 12.9. The number of nitriles is 1. The number of halogens is 1. The molecule has 31 heavy (non-hydrogen) atoms. The number of carbonyl (C=O) groups excluding carboxylic acids is 1. The van der Waals surface area contributed by atoms with E-state index in [1.54, 1.807) is 55.5 Å². The maximum atomic E-state index is 12.9. The van der Waals surface area contributed by atoms with E-state index in [0.29, 0.717) is 34.3 Å². The van der Waals surface area contributed by atoms with Crippen molar-refractivity contribution in [2.24, 2.45) is 0 Å². The molecular formula is C22H19ClN4O4. The first-order valence-corrected chi connectivity index (χ1v) is 9.81. The monoisotopic (exact) mass is 438 g/mol. The van der Waals surface area contributed by atoms with Crippen LogP contribution in [0.15, 0.2) is 54.6 Å². The second-order valence-corrected chi connectivity index (χ2v) is 6.93. The molecule has 1 amide bonds. The topological polar surface area (TPSA) is 117 Å². The largest absolute Gasteiger partial charge is 0.481 e. The van der Waals surface area contributed by atoms with Crippen molar-refractivity contribution in [1.29, 1.82) is 5.26 Å². The summed E-state index contributed by atoms with van der Waals surface area (Å²) in [5, 5.41) is 25.7. The van der Waals surface area contributed by atoms with Gasteiger partial charge in [0.15, 0.2) is 5.69 Å². The van der Waals surface area contributed by atoms with E-state index in [1.807, 2.05) is 6.07 Å². The third-order valence-electron chi connectivity index (χ3n) is 4.41. The normalized spacial score (nSPS) is 11.4. The molecule has 1 aromatic heterocycles. The molecule has 0 unspecified atom stereocenters. The molecule has 1 heterocycles. The van der Waals surface area contributed by atoms with Crippen molar-refractivity contribution in [2.45, 2.75) is 19.4 Å². The van der Waals surface area contributed by atoms with Crippen LogP contribution in [0.2, 0.25) is 5.02 Å². The number of nitrogens with zero attached hydrogens (tertiary/aromatic N) is 3. The van der Waals surface area contributed by atoms with Gasteiger partial charge in [-0.25, -0.2) is 0 Å². The number of amides is 1. The van der Waals surface area contributed by atoms with Gasteiger partial charge in [0.1, 0.15) is 0 Å². The zero-order chi connectivity index (χ0) is 22.4. The molecule has 1 atom stereocenters. The zero-order valence-electron chi connectivity index (χ0n) is 16.6. The number of ether oxygens (including phenoxy) is 1. The van der Waals surface area contributed by atoms with E-state index in [4.69, 9.17) is 21.6 Å². The Hall–Kier alpha value is -3.83. The van der Waals surface area contributed by atoms with Gasteiger partial charge in [-0.3, -0.25) is 9.59 Å². The summed E-state index contributed by atoms with van der Waals surface area (Å²) in [7, 11) is 0. The van der Waals surface area contributed by atoms with Crippen LogP contribution in [0.1, 0.15) is 41.0 Å². The molecule has 9 heteroatoms. The highest BCUT2D eigenvalue weighted by Gasteiger charge is 2.23. The predicted molar refractivity (Wildman–Crippen MR) is 113 cm³/mol. The first-order valence-electron chi connectivity index (χ1n) is 9.43. The molecule has 2 N–H and O–H groups in total. The number of carbonyl (C=O) groups is 2. The lowest BCUT2D eigenvalue weighted by atomic mass is 10.0. The Kier molecular flexibility index (Phi) is 6.90. The molecular weight excluding hydrogens is 420 g/mol. The maximum Gasteiger partial charge on any atom is 0.305 e. The molecule has 0 aliphatic rings. The first kappa shape index (κ1) is 21.9. The second kappa shape index (κ2) is 9.78. The van der Waals surface area contributed by atoms with Crippen molar-refractivity contribution in [3.8, 4) is 17.6 Å². The van der Waals surface area contributed by atoms with Crippen molar-refractivity contribution in [2.75, 3.05) is 6.61 Å². The summed E-state index contributed by atoms with van der Waals surface area (Å²) in [4.78, 5) is 24.2. The Bertz CT molecular complexity index is 1140. The van der Waals surface area contributed by atoms with Crippen LogP contribution < -0.4 is 10.1 Å². The molecule has 0 fully saturated rings. The van der Waals surface area contributed by atoms with E-state index in [1.165, 1.54) is 10.7 Å². The predicted octanol–water partition coefficient (Wildman–Crippen LogP) is 3.74. The molecule has 0 saturated carbocycles.